The molecular weight excluding hydrogens is 376 g/mol. The number of carbonyl (C=O) groups is 1. The number of rotatable bonds is 4. The fourth-order valence-electron chi connectivity index (χ4n) is 2.44. The van der Waals surface area contributed by atoms with Crippen molar-refractivity contribution in [3.63, 3.8) is 0 Å². The summed E-state index contributed by atoms with van der Waals surface area (Å²) in [4.78, 5) is 22.9. The van der Waals surface area contributed by atoms with Crippen molar-refractivity contribution >= 4 is 23.4 Å². The average molecular weight is 387 g/mol. The first-order valence-corrected chi connectivity index (χ1v) is 7.85. The van der Waals surface area contributed by atoms with Crippen LogP contribution in [-0.2, 0) is 4.79 Å². The first-order valence-electron chi connectivity index (χ1n) is 7.85. The molecule has 0 saturated heterocycles. The molecule has 1 amide bonds. The maximum Gasteiger partial charge on any atom is 0.296 e. The minimum atomic E-state index is -1.01. The van der Waals surface area contributed by atoms with Crippen molar-refractivity contribution in [2.45, 2.75) is 0 Å². The molecule has 1 aliphatic rings. The van der Waals surface area contributed by atoms with Crippen LogP contribution in [0.2, 0.25) is 0 Å². The summed E-state index contributed by atoms with van der Waals surface area (Å²) >= 11 is 0. The standard InChI is InChI=1S/C18H11F2N3O5/c19-12-2-1-10(13(20)6-12)5-11(9-21)18(24)22-14-7-16-17(28-4-3-27-16)8-15(14)23(25)26/h1-2,5-8H,3-4H2,(H,22,24)/b11-5+. The van der Waals surface area contributed by atoms with Gasteiger partial charge in [-0.1, -0.05) is 0 Å². The number of nitro benzene ring substituents is 1. The Bertz CT molecular complexity index is 1050. The first-order chi connectivity index (χ1) is 13.4. The second-order valence-electron chi connectivity index (χ2n) is 5.56. The van der Waals surface area contributed by atoms with Gasteiger partial charge >= 0.3 is 0 Å². The number of benzene rings is 2. The summed E-state index contributed by atoms with van der Waals surface area (Å²) in [6, 6.07) is 6.51. The van der Waals surface area contributed by atoms with Crippen molar-refractivity contribution in [3.8, 4) is 17.6 Å². The number of nitriles is 1. The van der Waals surface area contributed by atoms with Gasteiger partial charge in [0.25, 0.3) is 11.6 Å². The number of amides is 1. The van der Waals surface area contributed by atoms with Crippen LogP contribution in [-0.4, -0.2) is 24.0 Å². The van der Waals surface area contributed by atoms with Gasteiger partial charge in [-0.05, 0) is 18.2 Å². The molecule has 0 aromatic heterocycles. The molecule has 28 heavy (non-hydrogen) atoms. The van der Waals surface area contributed by atoms with Gasteiger partial charge in [-0.25, -0.2) is 8.78 Å². The lowest BCUT2D eigenvalue weighted by Crippen LogP contribution is -2.18. The Labute approximate surface area is 156 Å². The number of hydrogen-bond donors (Lipinski definition) is 1. The van der Waals surface area contributed by atoms with Crippen LogP contribution in [0.1, 0.15) is 5.56 Å². The van der Waals surface area contributed by atoms with Gasteiger partial charge in [0.1, 0.15) is 42.2 Å². The van der Waals surface area contributed by atoms with E-state index < -0.39 is 33.7 Å². The Hall–Kier alpha value is -4.00. The fourth-order valence-corrected chi connectivity index (χ4v) is 2.44. The van der Waals surface area contributed by atoms with Crippen molar-refractivity contribution in [2.75, 3.05) is 18.5 Å². The van der Waals surface area contributed by atoms with Gasteiger partial charge in [0.05, 0.1) is 11.0 Å². The van der Waals surface area contributed by atoms with Crippen molar-refractivity contribution in [1.82, 2.24) is 0 Å². The molecular formula is C18H11F2N3O5. The topological polar surface area (TPSA) is 114 Å². The van der Waals surface area contributed by atoms with Crippen LogP contribution >= 0.6 is 0 Å². The molecule has 2 aromatic carbocycles. The third-order valence-electron chi connectivity index (χ3n) is 3.73. The summed E-state index contributed by atoms with van der Waals surface area (Å²) in [5.74, 6) is -2.44. The molecule has 0 fully saturated rings. The third-order valence-corrected chi connectivity index (χ3v) is 3.73. The van der Waals surface area contributed by atoms with Gasteiger partial charge in [-0.3, -0.25) is 14.9 Å². The number of anilines is 1. The Morgan fingerprint density at radius 2 is 1.89 bits per heavy atom. The van der Waals surface area contributed by atoms with Crippen LogP contribution in [0.5, 0.6) is 11.5 Å². The number of nitrogens with zero attached hydrogens (tertiary/aromatic N) is 2. The maximum atomic E-state index is 13.8. The monoisotopic (exact) mass is 387 g/mol. The van der Waals surface area contributed by atoms with E-state index in [1.807, 2.05) is 0 Å². The third kappa shape index (κ3) is 3.88. The molecule has 2 aromatic rings. The lowest BCUT2D eigenvalue weighted by Gasteiger charge is -2.19. The van der Waals surface area contributed by atoms with Crippen LogP contribution in [0.4, 0.5) is 20.2 Å². The molecule has 0 atom stereocenters. The van der Waals surface area contributed by atoms with Gasteiger partial charge in [-0.2, -0.15) is 5.26 Å². The number of nitro groups is 1. The molecule has 3 rings (SSSR count). The first kappa shape index (κ1) is 18.8. The van der Waals surface area contributed by atoms with Gasteiger partial charge < -0.3 is 14.8 Å². The molecule has 8 nitrogen and oxygen atoms in total. The quantitative estimate of drug-likeness (QED) is 0.373. The van der Waals surface area contributed by atoms with E-state index in [-0.39, 0.29) is 36.0 Å². The SMILES string of the molecule is N#C/C(=C\c1ccc(F)cc1F)C(=O)Nc1cc2c(cc1[N+](=O)[O-])OCCO2. The second kappa shape index (κ2) is 7.71. The molecule has 1 N–H and O–H groups in total. The molecule has 0 spiro atoms. The number of fused-ring (bicyclic) bond motifs is 1. The largest absolute Gasteiger partial charge is 0.486 e. The van der Waals surface area contributed by atoms with Crippen LogP contribution in [0.15, 0.2) is 35.9 Å². The lowest BCUT2D eigenvalue weighted by atomic mass is 10.1. The van der Waals surface area contributed by atoms with E-state index in [0.717, 1.165) is 24.3 Å². The highest BCUT2D eigenvalue weighted by Gasteiger charge is 2.24. The summed E-state index contributed by atoms with van der Waals surface area (Å²) in [6.07, 6.45) is 0.911. The minimum Gasteiger partial charge on any atom is -0.486 e. The Morgan fingerprint density at radius 3 is 2.50 bits per heavy atom. The molecule has 10 heteroatoms. The maximum absolute atomic E-state index is 13.8. The minimum absolute atomic E-state index is 0.153. The van der Waals surface area contributed by atoms with Gasteiger partial charge in [-0.15, -0.1) is 0 Å². The molecule has 0 unspecified atom stereocenters. The lowest BCUT2D eigenvalue weighted by molar-refractivity contribution is -0.384. The normalized spacial score (nSPS) is 12.8. The predicted octanol–water partition coefficient (Wildman–Crippen LogP) is 3.19. The highest BCUT2D eigenvalue weighted by molar-refractivity contribution is 6.10. The van der Waals surface area contributed by atoms with Crippen molar-refractivity contribution in [1.29, 1.82) is 5.26 Å². The van der Waals surface area contributed by atoms with Crippen LogP contribution in [0.25, 0.3) is 6.08 Å². The number of carbonyl (C=O) groups excluding carboxylic acids is 1. The van der Waals surface area contributed by atoms with E-state index >= 15 is 0 Å². The number of halogens is 2. The summed E-state index contributed by atoms with van der Waals surface area (Å²) in [5, 5.41) is 22.7. The van der Waals surface area contributed by atoms with E-state index in [2.05, 4.69) is 5.32 Å². The zero-order chi connectivity index (χ0) is 20.3. The van der Waals surface area contributed by atoms with Crippen LogP contribution in [0, 0.1) is 33.1 Å². The van der Waals surface area contributed by atoms with E-state index in [0.29, 0.717) is 6.07 Å². The zero-order valence-corrected chi connectivity index (χ0v) is 14.1. The summed E-state index contributed by atoms with van der Waals surface area (Å²) in [6.45, 7) is 0.450. The molecule has 0 aliphatic carbocycles. The number of nitrogens with one attached hydrogen (secondary N) is 1. The number of hydrogen-bond acceptors (Lipinski definition) is 6. The highest BCUT2D eigenvalue weighted by Crippen LogP contribution is 2.39. The molecule has 0 bridgehead atoms. The van der Waals surface area contributed by atoms with Gasteiger partial charge in [0.15, 0.2) is 11.5 Å². The number of ether oxygens (including phenoxy) is 2. The molecule has 1 heterocycles. The fraction of sp³-hybridized carbons (Fsp3) is 0.111. The van der Waals surface area contributed by atoms with E-state index in [1.54, 1.807) is 6.07 Å². The van der Waals surface area contributed by atoms with Crippen LogP contribution in [0.3, 0.4) is 0 Å². The Kier molecular flexibility index (Phi) is 5.17. The van der Waals surface area contributed by atoms with Gasteiger partial charge in [0.2, 0.25) is 0 Å². The predicted molar refractivity (Wildman–Crippen MR) is 92.7 cm³/mol. The molecule has 0 radical (unpaired) electrons. The summed E-state index contributed by atoms with van der Waals surface area (Å²) < 4.78 is 37.3. The smallest absolute Gasteiger partial charge is 0.296 e. The highest BCUT2D eigenvalue weighted by atomic mass is 19.1. The Morgan fingerprint density at radius 1 is 1.21 bits per heavy atom. The second-order valence-corrected chi connectivity index (χ2v) is 5.56. The van der Waals surface area contributed by atoms with Crippen LogP contribution < -0.4 is 14.8 Å². The van der Waals surface area contributed by atoms with E-state index in [1.165, 1.54) is 6.07 Å². The molecule has 1 aliphatic heterocycles. The summed E-state index contributed by atoms with van der Waals surface area (Å²) in [7, 11) is 0. The van der Waals surface area contributed by atoms with Crippen molar-refractivity contribution in [3.05, 3.63) is 63.2 Å². The van der Waals surface area contributed by atoms with Crippen molar-refractivity contribution < 1.29 is 28.0 Å². The van der Waals surface area contributed by atoms with E-state index in [4.69, 9.17) is 9.47 Å². The molecule has 0 saturated carbocycles. The average Bonchev–Trinajstić information content (AvgIpc) is 2.66. The van der Waals surface area contributed by atoms with E-state index in [9.17, 15) is 29.0 Å². The summed E-state index contributed by atoms with van der Waals surface area (Å²) in [5.41, 5.74) is -1.41. The van der Waals surface area contributed by atoms with Crippen molar-refractivity contribution in [2.24, 2.45) is 0 Å². The Balaban J connectivity index is 1.93. The van der Waals surface area contributed by atoms with Gasteiger partial charge in [0, 0.05) is 17.7 Å². The molecule has 142 valence electrons. The zero-order valence-electron chi connectivity index (χ0n) is 14.1.